The second kappa shape index (κ2) is 6.58. The molecule has 1 N–H and O–H groups in total. The molecular weight excluding hydrogens is 286 g/mol. The molecule has 2 amide bonds. The van der Waals surface area contributed by atoms with Crippen molar-refractivity contribution in [3.05, 3.63) is 22.4 Å². The van der Waals surface area contributed by atoms with E-state index < -0.39 is 0 Å². The van der Waals surface area contributed by atoms with Crippen molar-refractivity contribution in [3.63, 3.8) is 0 Å². The molecule has 0 radical (unpaired) electrons. The van der Waals surface area contributed by atoms with E-state index in [1.165, 1.54) is 11.3 Å². The Morgan fingerprint density at radius 2 is 2.14 bits per heavy atom. The second-order valence-corrected chi connectivity index (χ2v) is 7.03. The molecule has 2 rings (SSSR count). The summed E-state index contributed by atoms with van der Waals surface area (Å²) >= 11 is 1.41. The molecule has 0 aromatic carbocycles. The van der Waals surface area contributed by atoms with E-state index in [1.54, 1.807) is 6.07 Å². The van der Waals surface area contributed by atoms with E-state index in [4.69, 9.17) is 0 Å². The molecule has 1 aromatic rings. The monoisotopic (exact) mass is 309 g/mol. The SMILES string of the molecule is CN1CCN(C(=O)CCNC(=O)c2cccs2)C(C)(C)C1. The van der Waals surface area contributed by atoms with Crippen LogP contribution in [0.25, 0.3) is 0 Å². The van der Waals surface area contributed by atoms with Crippen LogP contribution < -0.4 is 5.32 Å². The van der Waals surface area contributed by atoms with Crippen LogP contribution in [-0.2, 0) is 4.79 Å². The van der Waals surface area contributed by atoms with Crippen molar-refractivity contribution in [2.24, 2.45) is 0 Å². The zero-order valence-corrected chi connectivity index (χ0v) is 13.7. The first-order valence-electron chi connectivity index (χ1n) is 7.21. The minimum atomic E-state index is -0.151. The zero-order valence-electron chi connectivity index (χ0n) is 12.9. The summed E-state index contributed by atoms with van der Waals surface area (Å²) in [5.74, 6) is 0.00928. The standard InChI is InChI=1S/C15H23N3O2S/c1-15(2)11-17(3)8-9-18(15)13(19)6-7-16-14(20)12-5-4-10-21-12/h4-5,10H,6-9,11H2,1-3H3,(H,16,20). The Morgan fingerprint density at radius 3 is 2.76 bits per heavy atom. The molecule has 0 saturated carbocycles. The molecule has 6 heteroatoms. The Hall–Kier alpha value is -1.40. The maximum absolute atomic E-state index is 12.3. The third-order valence-corrected chi connectivity index (χ3v) is 4.63. The maximum Gasteiger partial charge on any atom is 0.261 e. The molecule has 1 saturated heterocycles. The smallest absolute Gasteiger partial charge is 0.261 e. The van der Waals surface area contributed by atoms with Crippen LogP contribution in [0.2, 0.25) is 0 Å². The molecule has 1 fully saturated rings. The normalized spacial score (nSPS) is 18.5. The average Bonchev–Trinajstić information content (AvgIpc) is 2.90. The molecule has 21 heavy (non-hydrogen) atoms. The van der Waals surface area contributed by atoms with Crippen LogP contribution in [-0.4, -0.2) is 60.4 Å². The summed E-state index contributed by atoms with van der Waals surface area (Å²) in [5, 5.41) is 4.67. The first-order chi connectivity index (χ1) is 9.90. The minimum absolute atomic E-state index is 0.101. The summed E-state index contributed by atoms with van der Waals surface area (Å²) in [6, 6.07) is 3.63. The molecule has 5 nitrogen and oxygen atoms in total. The summed E-state index contributed by atoms with van der Waals surface area (Å²) in [6.07, 6.45) is 0.351. The van der Waals surface area contributed by atoms with Gasteiger partial charge in [0.1, 0.15) is 0 Å². The van der Waals surface area contributed by atoms with Gasteiger partial charge >= 0.3 is 0 Å². The van der Waals surface area contributed by atoms with E-state index in [9.17, 15) is 9.59 Å². The predicted molar refractivity (Wildman–Crippen MR) is 84.6 cm³/mol. The van der Waals surface area contributed by atoms with Gasteiger partial charge < -0.3 is 15.1 Å². The summed E-state index contributed by atoms with van der Waals surface area (Å²) in [4.78, 5) is 29.0. The number of rotatable bonds is 4. The van der Waals surface area contributed by atoms with Gasteiger partial charge in [-0.2, -0.15) is 0 Å². The number of thiophene rings is 1. The van der Waals surface area contributed by atoms with Crippen LogP contribution in [0, 0.1) is 0 Å². The molecule has 0 atom stereocenters. The fraction of sp³-hybridized carbons (Fsp3) is 0.600. The summed E-state index contributed by atoms with van der Waals surface area (Å²) in [6.45, 7) is 7.09. The van der Waals surface area contributed by atoms with Crippen molar-refractivity contribution < 1.29 is 9.59 Å². The lowest BCUT2D eigenvalue weighted by Gasteiger charge is -2.46. The number of nitrogens with zero attached hydrogens (tertiary/aromatic N) is 2. The third kappa shape index (κ3) is 4.04. The highest BCUT2D eigenvalue weighted by molar-refractivity contribution is 7.12. The van der Waals surface area contributed by atoms with Crippen molar-refractivity contribution in [3.8, 4) is 0 Å². The van der Waals surface area contributed by atoms with Crippen LogP contribution in [0.5, 0.6) is 0 Å². The van der Waals surface area contributed by atoms with Gasteiger partial charge in [0.05, 0.1) is 4.88 Å². The Labute approximate surface area is 129 Å². The molecule has 1 aliphatic rings. The van der Waals surface area contributed by atoms with Gasteiger partial charge in [0, 0.05) is 38.1 Å². The molecule has 0 aliphatic carbocycles. The van der Waals surface area contributed by atoms with Gasteiger partial charge in [-0.15, -0.1) is 11.3 Å². The zero-order chi connectivity index (χ0) is 15.5. The molecule has 2 heterocycles. The highest BCUT2D eigenvalue weighted by atomic mass is 32.1. The number of hydrogen-bond acceptors (Lipinski definition) is 4. The van der Waals surface area contributed by atoms with E-state index in [0.29, 0.717) is 17.8 Å². The van der Waals surface area contributed by atoms with Gasteiger partial charge in [0.15, 0.2) is 0 Å². The summed E-state index contributed by atoms with van der Waals surface area (Å²) in [7, 11) is 2.07. The molecule has 0 spiro atoms. The molecular formula is C15H23N3O2S. The van der Waals surface area contributed by atoms with Crippen molar-refractivity contribution in [1.82, 2.24) is 15.1 Å². The van der Waals surface area contributed by atoms with Crippen LogP contribution in [0.4, 0.5) is 0 Å². The molecule has 0 bridgehead atoms. The van der Waals surface area contributed by atoms with E-state index in [-0.39, 0.29) is 17.4 Å². The Bertz CT molecular complexity index is 499. The summed E-state index contributed by atoms with van der Waals surface area (Å²) < 4.78 is 0. The quantitative estimate of drug-likeness (QED) is 0.915. The first-order valence-corrected chi connectivity index (χ1v) is 8.09. The summed E-state index contributed by atoms with van der Waals surface area (Å²) in [5.41, 5.74) is -0.151. The van der Waals surface area contributed by atoms with Gasteiger partial charge in [0.25, 0.3) is 5.91 Å². The lowest BCUT2D eigenvalue weighted by molar-refractivity contribution is -0.139. The topological polar surface area (TPSA) is 52.6 Å². The molecule has 116 valence electrons. The van der Waals surface area contributed by atoms with E-state index in [0.717, 1.165) is 19.6 Å². The van der Waals surface area contributed by atoms with Crippen LogP contribution in [0.3, 0.4) is 0 Å². The maximum atomic E-state index is 12.3. The molecule has 1 aliphatic heterocycles. The Kier molecular flexibility index (Phi) is 5.00. The van der Waals surface area contributed by atoms with Crippen LogP contribution in [0.1, 0.15) is 29.9 Å². The van der Waals surface area contributed by atoms with Crippen molar-refractivity contribution in [1.29, 1.82) is 0 Å². The van der Waals surface area contributed by atoms with E-state index in [1.807, 2.05) is 16.3 Å². The van der Waals surface area contributed by atoms with E-state index in [2.05, 4.69) is 31.1 Å². The number of carbonyl (C=O) groups excluding carboxylic acids is 2. The van der Waals surface area contributed by atoms with Gasteiger partial charge in [0.2, 0.25) is 5.91 Å². The van der Waals surface area contributed by atoms with Crippen LogP contribution in [0.15, 0.2) is 17.5 Å². The average molecular weight is 309 g/mol. The predicted octanol–water partition coefficient (Wildman–Crippen LogP) is 1.42. The number of carbonyl (C=O) groups is 2. The van der Waals surface area contributed by atoms with Crippen molar-refractivity contribution in [2.75, 3.05) is 33.2 Å². The van der Waals surface area contributed by atoms with Gasteiger partial charge in [-0.1, -0.05) is 6.07 Å². The highest BCUT2D eigenvalue weighted by Crippen LogP contribution is 2.20. The largest absolute Gasteiger partial charge is 0.351 e. The van der Waals surface area contributed by atoms with Crippen molar-refractivity contribution in [2.45, 2.75) is 25.8 Å². The lowest BCUT2D eigenvalue weighted by atomic mass is 9.98. The number of likely N-dealkylation sites (N-methyl/N-ethyl adjacent to an activating group) is 1. The van der Waals surface area contributed by atoms with Gasteiger partial charge in [-0.25, -0.2) is 0 Å². The fourth-order valence-electron chi connectivity index (χ4n) is 2.77. The number of amides is 2. The second-order valence-electron chi connectivity index (χ2n) is 6.08. The minimum Gasteiger partial charge on any atom is -0.351 e. The first kappa shape index (κ1) is 16.0. The van der Waals surface area contributed by atoms with Gasteiger partial charge in [-0.05, 0) is 32.3 Å². The van der Waals surface area contributed by atoms with Crippen molar-refractivity contribution >= 4 is 23.2 Å². The molecule has 0 unspecified atom stereocenters. The number of hydrogen-bond donors (Lipinski definition) is 1. The highest BCUT2D eigenvalue weighted by Gasteiger charge is 2.34. The fourth-order valence-corrected chi connectivity index (χ4v) is 3.41. The third-order valence-electron chi connectivity index (χ3n) is 3.76. The lowest BCUT2D eigenvalue weighted by Crippen LogP contribution is -2.60. The van der Waals surface area contributed by atoms with Crippen LogP contribution >= 0.6 is 11.3 Å². The Balaban J connectivity index is 1.80. The van der Waals surface area contributed by atoms with E-state index >= 15 is 0 Å². The Morgan fingerprint density at radius 1 is 1.38 bits per heavy atom. The number of nitrogens with one attached hydrogen (secondary N) is 1. The number of piperazine rings is 1. The van der Waals surface area contributed by atoms with Gasteiger partial charge in [-0.3, -0.25) is 9.59 Å². The molecule has 1 aromatic heterocycles.